The van der Waals surface area contributed by atoms with Crippen LogP contribution >= 0.6 is 0 Å². The number of aromatic nitrogens is 1. The molecule has 6 nitrogen and oxygen atoms in total. The number of nitrogens with zero attached hydrogens (tertiary/aromatic N) is 1. The third kappa shape index (κ3) is 4.42. The summed E-state index contributed by atoms with van der Waals surface area (Å²) in [6, 6.07) is 1.51. The third-order valence-electron chi connectivity index (χ3n) is 2.13. The van der Waals surface area contributed by atoms with Crippen molar-refractivity contribution in [3.63, 3.8) is 0 Å². The van der Waals surface area contributed by atoms with Gasteiger partial charge in [0.25, 0.3) is 0 Å². The van der Waals surface area contributed by atoms with Crippen molar-refractivity contribution in [1.29, 1.82) is 0 Å². The van der Waals surface area contributed by atoms with Gasteiger partial charge >= 0.3 is 11.9 Å². The Morgan fingerprint density at radius 2 is 2.00 bits per heavy atom. The minimum Gasteiger partial charge on any atom is -0.463 e. The van der Waals surface area contributed by atoms with Crippen molar-refractivity contribution in [2.75, 3.05) is 18.9 Å². The Labute approximate surface area is 111 Å². The van der Waals surface area contributed by atoms with Crippen molar-refractivity contribution < 1.29 is 19.1 Å². The summed E-state index contributed by atoms with van der Waals surface area (Å²) in [6.07, 6.45) is 4.20. The molecule has 0 aliphatic carbocycles. The zero-order valence-corrected chi connectivity index (χ0v) is 10.9. The Kier molecular flexibility index (Phi) is 5.53. The number of rotatable bonds is 5. The van der Waals surface area contributed by atoms with Crippen LogP contribution in [0.25, 0.3) is 6.08 Å². The Hall–Kier alpha value is -2.37. The highest BCUT2D eigenvalue weighted by Crippen LogP contribution is 2.13. The van der Waals surface area contributed by atoms with Crippen LogP contribution in [0.4, 0.5) is 5.82 Å². The van der Waals surface area contributed by atoms with E-state index in [-0.39, 0.29) is 18.0 Å². The van der Waals surface area contributed by atoms with Crippen LogP contribution in [0.1, 0.15) is 29.8 Å². The number of ether oxygens (including phenoxy) is 2. The summed E-state index contributed by atoms with van der Waals surface area (Å²) in [4.78, 5) is 26.6. The maximum absolute atomic E-state index is 11.6. The van der Waals surface area contributed by atoms with Gasteiger partial charge in [-0.25, -0.2) is 14.6 Å². The van der Waals surface area contributed by atoms with Crippen LogP contribution in [0.5, 0.6) is 0 Å². The summed E-state index contributed by atoms with van der Waals surface area (Å²) in [6.45, 7) is 3.97. The van der Waals surface area contributed by atoms with E-state index in [1.807, 2.05) is 0 Å². The van der Waals surface area contributed by atoms with Crippen molar-refractivity contribution in [3.05, 3.63) is 29.5 Å². The molecule has 0 aliphatic rings. The number of nitrogens with two attached hydrogens (primary N) is 1. The van der Waals surface area contributed by atoms with Gasteiger partial charge in [-0.05, 0) is 31.6 Å². The quantitative estimate of drug-likeness (QED) is 0.638. The van der Waals surface area contributed by atoms with E-state index in [0.29, 0.717) is 12.2 Å². The third-order valence-corrected chi connectivity index (χ3v) is 2.13. The lowest BCUT2D eigenvalue weighted by Gasteiger charge is -2.05. The maximum atomic E-state index is 11.6. The highest BCUT2D eigenvalue weighted by Gasteiger charge is 2.12. The Morgan fingerprint density at radius 3 is 2.63 bits per heavy atom. The SMILES string of the molecule is CCOC(=O)C=Cc1cnc(N)c(C(=O)OCC)c1. The Bertz CT molecular complexity index is 497. The molecule has 0 spiro atoms. The monoisotopic (exact) mass is 264 g/mol. The molecule has 0 amide bonds. The topological polar surface area (TPSA) is 91.5 Å². The van der Waals surface area contributed by atoms with E-state index < -0.39 is 11.9 Å². The minimum atomic E-state index is -0.543. The summed E-state index contributed by atoms with van der Waals surface area (Å²) in [5.41, 5.74) is 6.33. The van der Waals surface area contributed by atoms with Gasteiger partial charge < -0.3 is 15.2 Å². The van der Waals surface area contributed by atoms with E-state index in [0.717, 1.165) is 0 Å². The van der Waals surface area contributed by atoms with Crippen LogP contribution in [-0.2, 0) is 14.3 Å². The van der Waals surface area contributed by atoms with E-state index in [1.54, 1.807) is 13.8 Å². The average Bonchev–Trinajstić information content (AvgIpc) is 2.38. The number of carbonyl (C=O) groups excluding carboxylic acids is 2. The van der Waals surface area contributed by atoms with Crippen LogP contribution in [0.2, 0.25) is 0 Å². The second-order valence-corrected chi connectivity index (χ2v) is 3.51. The van der Waals surface area contributed by atoms with Crippen molar-refractivity contribution in [2.45, 2.75) is 13.8 Å². The zero-order valence-electron chi connectivity index (χ0n) is 10.9. The van der Waals surface area contributed by atoms with Crippen molar-refractivity contribution >= 4 is 23.8 Å². The lowest BCUT2D eigenvalue weighted by atomic mass is 10.2. The normalized spacial score (nSPS) is 10.4. The molecular weight excluding hydrogens is 248 g/mol. The molecule has 0 aliphatic heterocycles. The number of esters is 2. The largest absolute Gasteiger partial charge is 0.463 e. The fraction of sp³-hybridized carbons (Fsp3) is 0.308. The molecule has 0 bridgehead atoms. The first-order valence-corrected chi connectivity index (χ1v) is 5.86. The molecule has 0 unspecified atom stereocenters. The first-order chi connectivity index (χ1) is 9.08. The molecule has 2 N–H and O–H groups in total. The molecule has 0 radical (unpaired) electrons. The van der Waals surface area contributed by atoms with Gasteiger partial charge in [-0.2, -0.15) is 0 Å². The van der Waals surface area contributed by atoms with Gasteiger partial charge in [-0.15, -0.1) is 0 Å². The number of hydrogen-bond acceptors (Lipinski definition) is 6. The Morgan fingerprint density at radius 1 is 1.32 bits per heavy atom. The van der Waals surface area contributed by atoms with Crippen LogP contribution in [0, 0.1) is 0 Å². The van der Waals surface area contributed by atoms with Crippen molar-refractivity contribution in [1.82, 2.24) is 4.98 Å². The van der Waals surface area contributed by atoms with Gasteiger partial charge in [0.15, 0.2) is 0 Å². The highest BCUT2D eigenvalue weighted by molar-refractivity contribution is 5.95. The molecule has 0 fully saturated rings. The summed E-state index contributed by atoms with van der Waals surface area (Å²) in [7, 11) is 0. The smallest absolute Gasteiger partial charge is 0.341 e. The molecule has 1 aromatic heterocycles. The highest BCUT2D eigenvalue weighted by atomic mass is 16.5. The molecule has 0 saturated heterocycles. The molecule has 1 aromatic rings. The molecule has 19 heavy (non-hydrogen) atoms. The fourth-order valence-corrected chi connectivity index (χ4v) is 1.31. The summed E-state index contributed by atoms with van der Waals surface area (Å²) in [5.74, 6) is -0.914. The van der Waals surface area contributed by atoms with Gasteiger partial charge in [0.1, 0.15) is 11.4 Å². The van der Waals surface area contributed by atoms with Crippen LogP contribution < -0.4 is 5.73 Å². The molecule has 1 heterocycles. The number of pyridine rings is 1. The molecule has 0 aromatic carbocycles. The molecule has 0 atom stereocenters. The first-order valence-electron chi connectivity index (χ1n) is 5.86. The number of nitrogen functional groups attached to an aromatic ring is 1. The number of hydrogen-bond donors (Lipinski definition) is 1. The zero-order chi connectivity index (χ0) is 14.3. The van der Waals surface area contributed by atoms with Crippen molar-refractivity contribution in [2.24, 2.45) is 0 Å². The summed E-state index contributed by atoms with van der Waals surface area (Å²) >= 11 is 0. The summed E-state index contributed by atoms with van der Waals surface area (Å²) < 4.78 is 9.59. The van der Waals surface area contributed by atoms with Crippen LogP contribution in [0.15, 0.2) is 18.3 Å². The maximum Gasteiger partial charge on any atom is 0.341 e. The van der Waals surface area contributed by atoms with E-state index in [4.69, 9.17) is 15.2 Å². The number of anilines is 1. The second-order valence-electron chi connectivity index (χ2n) is 3.51. The van der Waals surface area contributed by atoms with Gasteiger partial charge in [0.2, 0.25) is 0 Å². The molecule has 1 rings (SSSR count). The molecule has 0 saturated carbocycles. The first kappa shape index (κ1) is 14.7. The van der Waals surface area contributed by atoms with Crippen molar-refractivity contribution in [3.8, 4) is 0 Å². The van der Waals surface area contributed by atoms with Gasteiger partial charge in [0, 0.05) is 12.3 Å². The summed E-state index contributed by atoms with van der Waals surface area (Å²) in [5, 5.41) is 0. The van der Waals surface area contributed by atoms with Crippen LogP contribution in [0.3, 0.4) is 0 Å². The van der Waals surface area contributed by atoms with E-state index in [1.165, 1.54) is 24.4 Å². The van der Waals surface area contributed by atoms with E-state index in [9.17, 15) is 9.59 Å². The van der Waals surface area contributed by atoms with Gasteiger partial charge in [-0.3, -0.25) is 0 Å². The number of carbonyl (C=O) groups is 2. The lowest BCUT2D eigenvalue weighted by Crippen LogP contribution is -2.09. The average molecular weight is 264 g/mol. The minimum absolute atomic E-state index is 0.0896. The second kappa shape index (κ2) is 7.15. The lowest BCUT2D eigenvalue weighted by molar-refractivity contribution is -0.137. The van der Waals surface area contributed by atoms with Gasteiger partial charge in [-0.1, -0.05) is 0 Å². The van der Waals surface area contributed by atoms with E-state index >= 15 is 0 Å². The predicted molar refractivity (Wildman–Crippen MR) is 70.3 cm³/mol. The Balaban J connectivity index is 2.90. The predicted octanol–water partition coefficient (Wildman–Crippen LogP) is 1.42. The fourth-order valence-electron chi connectivity index (χ4n) is 1.31. The van der Waals surface area contributed by atoms with Crippen LogP contribution in [-0.4, -0.2) is 30.1 Å². The standard InChI is InChI=1S/C13H16N2O4/c1-3-18-11(16)6-5-9-7-10(12(14)15-8-9)13(17)19-4-2/h5-8H,3-4H2,1-2H3,(H2,14,15). The molecule has 102 valence electrons. The molecule has 6 heteroatoms. The van der Waals surface area contributed by atoms with Gasteiger partial charge in [0.05, 0.1) is 13.2 Å². The van der Waals surface area contributed by atoms with E-state index in [2.05, 4.69) is 4.98 Å². The molecular formula is C13H16N2O4.